The first-order chi connectivity index (χ1) is 18.4. The van der Waals surface area contributed by atoms with E-state index in [0.717, 1.165) is 33.2 Å². The molecule has 1 unspecified atom stereocenters. The second kappa shape index (κ2) is 12.0. The summed E-state index contributed by atoms with van der Waals surface area (Å²) in [6.45, 7) is 1.91. The molecule has 38 heavy (non-hydrogen) atoms. The number of methoxy groups -OCH3 is 3. The van der Waals surface area contributed by atoms with E-state index in [1.165, 1.54) is 0 Å². The molecule has 0 radical (unpaired) electrons. The van der Waals surface area contributed by atoms with Crippen molar-refractivity contribution in [3.8, 4) is 28.4 Å². The van der Waals surface area contributed by atoms with Gasteiger partial charge in [-0.05, 0) is 65.4 Å². The van der Waals surface area contributed by atoms with Gasteiger partial charge >= 0.3 is 0 Å². The highest BCUT2D eigenvalue weighted by Gasteiger charge is 2.23. The van der Waals surface area contributed by atoms with Crippen LogP contribution in [0.2, 0.25) is 0 Å². The molecule has 0 spiro atoms. The Hall–Kier alpha value is -4.01. The highest BCUT2D eigenvalue weighted by atomic mass is 16.5. The molecule has 8 nitrogen and oxygen atoms in total. The number of para-hydroxylation sites is 1. The first kappa shape index (κ1) is 27.0. The predicted octanol–water partition coefficient (Wildman–Crippen LogP) is 4.64. The van der Waals surface area contributed by atoms with Crippen LogP contribution in [0.3, 0.4) is 0 Å². The van der Waals surface area contributed by atoms with E-state index in [1.54, 1.807) is 33.5 Å². The van der Waals surface area contributed by atoms with Crippen LogP contribution >= 0.6 is 0 Å². The number of H-pyrrole nitrogens is 1. The smallest absolute Gasteiger partial charge is 0.253 e. The number of hydrogen-bond acceptors (Lipinski definition) is 6. The molecule has 4 aromatic rings. The Kier molecular flexibility index (Phi) is 8.55. The monoisotopic (exact) mass is 518 g/mol. The van der Waals surface area contributed by atoms with Gasteiger partial charge in [-0.2, -0.15) is 0 Å². The number of carbonyl (C=O) groups excluding carboxylic acids is 1. The maximum atomic E-state index is 13.4. The maximum absolute atomic E-state index is 13.4. The van der Waals surface area contributed by atoms with Gasteiger partial charge in [0, 0.05) is 35.2 Å². The highest BCUT2D eigenvalue weighted by molar-refractivity contribution is 5.96. The van der Waals surface area contributed by atoms with Crippen LogP contribution in [0.25, 0.3) is 22.0 Å². The van der Waals surface area contributed by atoms with Crippen LogP contribution in [0.5, 0.6) is 17.2 Å². The largest absolute Gasteiger partial charge is 0.493 e. The van der Waals surface area contributed by atoms with E-state index in [1.807, 2.05) is 55.6 Å². The van der Waals surface area contributed by atoms with Crippen molar-refractivity contribution in [3.63, 3.8) is 0 Å². The van der Waals surface area contributed by atoms with Crippen LogP contribution in [0.1, 0.15) is 40.7 Å². The van der Waals surface area contributed by atoms with Crippen LogP contribution in [-0.4, -0.2) is 55.3 Å². The average Bonchev–Trinajstić information content (AvgIpc) is 3.38. The van der Waals surface area contributed by atoms with Gasteiger partial charge in [-0.15, -0.1) is 0 Å². The van der Waals surface area contributed by atoms with Gasteiger partial charge in [0.25, 0.3) is 5.91 Å². The minimum absolute atomic E-state index is 0.0385. The van der Waals surface area contributed by atoms with Gasteiger partial charge in [-0.3, -0.25) is 4.79 Å². The third kappa shape index (κ3) is 5.61. The van der Waals surface area contributed by atoms with Crippen molar-refractivity contribution >= 4 is 16.8 Å². The lowest BCUT2D eigenvalue weighted by molar-refractivity contribution is 0.0728. The summed E-state index contributed by atoms with van der Waals surface area (Å²) >= 11 is 0. The van der Waals surface area contributed by atoms with Crippen LogP contribution in [0, 0.1) is 0 Å². The summed E-state index contributed by atoms with van der Waals surface area (Å²) in [6.07, 6.45) is 1.90. The molecule has 0 saturated heterocycles. The van der Waals surface area contributed by atoms with E-state index in [2.05, 4.69) is 10.3 Å². The number of aliphatic hydroxyl groups is 2. The van der Waals surface area contributed by atoms with Gasteiger partial charge in [0.15, 0.2) is 11.5 Å². The fourth-order valence-corrected chi connectivity index (χ4v) is 4.65. The number of aromatic nitrogens is 1. The lowest BCUT2D eigenvalue weighted by Crippen LogP contribution is -2.38. The summed E-state index contributed by atoms with van der Waals surface area (Å²) in [5.41, 5.74) is 4.71. The summed E-state index contributed by atoms with van der Waals surface area (Å²) in [4.78, 5) is 16.6. The van der Waals surface area contributed by atoms with Crippen molar-refractivity contribution < 1.29 is 29.2 Å². The number of aryl methyl sites for hydroxylation is 1. The summed E-state index contributed by atoms with van der Waals surface area (Å²) in [6, 6.07) is 17.0. The summed E-state index contributed by atoms with van der Waals surface area (Å²) in [5, 5.41) is 24.1. The SMILES string of the molecule is COc1cc(-c2cc(CCCO)cc(C(=O)N[C@H](O)C(C)c3c[nH]c4ccccc34)c2)cc(OC)c1OC. The molecule has 0 saturated carbocycles. The molecular formula is C30H34N2O6. The number of aliphatic hydroxyl groups excluding tert-OH is 2. The molecule has 3 aromatic carbocycles. The zero-order valence-electron chi connectivity index (χ0n) is 22.1. The summed E-state index contributed by atoms with van der Waals surface area (Å²) in [5.74, 6) is 0.724. The lowest BCUT2D eigenvalue weighted by atomic mass is 9.96. The molecule has 4 N–H and O–H groups in total. The first-order valence-electron chi connectivity index (χ1n) is 12.5. The molecule has 0 fully saturated rings. The van der Waals surface area contributed by atoms with E-state index < -0.39 is 12.1 Å². The molecule has 8 heteroatoms. The number of benzene rings is 3. The third-order valence-electron chi connectivity index (χ3n) is 6.74. The van der Waals surface area contributed by atoms with E-state index in [0.29, 0.717) is 35.7 Å². The van der Waals surface area contributed by atoms with Crippen LogP contribution in [0.15, 0.2) is 60.8 Å². The minimum atomic E-state index is -1.10. The number of ether oxygens (including phenoxy) is 3. The second-order valence-electron chi connectivity index (χ2n) is 9.16. The Labute approximate surface area is 222 Å². The molecule has 4 rings (SSSR count). The molecule has 0 aliphatic carbocycles. The maximum Gasteiger partial charge on any atom is 0.253 e. The van der Waals surface area contributed by atoms with Crippen LogP contribution in [0.4, 0.5) is 0 Å². The van der Waals surface area contributed by atoms with Gasteiger partial charge in [0.05, 0.1) is 21.3 Å². The van der Waals surface area contributed by atoms with Crippen LogP contribution < -0.4 is 19.5 Å². The Morgan fingerprint density at radius 1 is 0.974 bits per heavy atom. The van der Waals surface area contributed by atoms with Crippen molar-refractivity contribution in [2.45, 2.75) is 31.9 Å². The van der Waals surface area contributed by atoms with Gasteiger partial charge in [-0.1, -0.05) is 31.2 Å². The Bertz CT molecular complexity index is 1390. The van der Waals surface area contributed by atoms with E-state index in [4.69, 9.17) is 14.2 Å². The number of nitrogens with one attached hydrogen (secondary N) is 2. The molecule has 0 bridgehead atoms. The molecule has 200 valence electrons. The molecule has 2 atom stereocenters. The van der Waals surface area contributed by atoms with Gasteiger partial charge in [0.2, 0.25) is 5.75 Å². The van der Waals surface area contributed by atoms with E-state index in [-0.39, 0.29) is 12.5 Å². The van der Waals surface area contributed by atoms with Crippen molar-refractivity contribution in [1.82, 2.24) is 10.3 Å². The topological polar surface area (TPSA) is 113 Å². The van der Waals surface area contributed by atoms with Crippen LogP contribution in [-0.2, 0) is 6.42 Å². The fourth-order valence-electron chi connectivity index (χ4n) is 4.65. The summed E-state index contributed by atoms with van der Waals surface area (Å²) in [7, 11) is 4.64. The van der Waals surface area contributed by atoms with Gasteiger partial charge < -0.3 is 34.7 Å². The Morgan fingerprint density at radius 3 is 2.32 bits per heavy atom. The van der Waals surface area contributed by atoms with Crippen molar-refractivity contribution in [2.75, 3.05) is 27.9 Å². The first-order valence-corrected chi connectivity index (χ1v) is 12.5. The average molecular weight is 519 g/mol. The molecule has 0 aliphatic rings. The van der Waals surface area contributed by atoms with E-state index >= 15 is 0 Å². The minimum Gasteiger partial charge on any atom is -0.493 e. The third-order valence-corrected chi connectivity index (χ3v) is 6.74. The number of hydrogen-bond donors (Lipinski definition) is 4. The van der Waals surface area contributed by atoms with Crippen molar-refractivity contribution in [3.05, 3.63) is 77.5 Å². The quantitative estimate of drug-likeness (QED) is 0.215. The lowest BCUT2D eigenvalue weighted by Gasteiger charge is -2.21. The van der Waals surface area contributed by atoms with Crippen molar-refractivity contribution in [2.24, 2.45) is 0 Å². The number of carbonyl (C=O) groups is 1. The molecule has 0 aliphatic heterocycles. The Balaban J connectivity index is 1.66. The second-order valence-corrected chi connectivity index (χ2v) is 9.16. The normalized spacial score (nSPS) is 12.7. The number of aromatic amines is 1. The number of rotatable bonds is 11. The highest BCUT2D eigenvalue weighted by Crippen LogP contribution is 2.41. The standard InChI is InChI=1S/C30H34N2O6/c1-18(24-17-31-25-10-6-5-9-23(24)25)29(34)32-30(35)22-13-19(8-7-11-33)12-20(14-22)21-15-26(36-2)28(38-4)27(16-21)37-3/h5-6,9-10,12-18,29,31,33-34H,7-8,11H2,1-4H3,(H,32,35)/t18?,29-/m1/s1. The van der Waals surface area contributed by atoms with Crippen molar-refractivity contribution in [1.29, 1.82) is 0 Å². The summed E-state index contributed by atoms with van der Waals surface area (Å²) < 4.78 is 16.5. The molecule has 1 amide bonds. The van der Waals surface area contributed by atoms with Gasteiger partial charge in [0.1, 0.15) is 6.23 Å². The number of amides is 1. The number of fused-ring (bicyclic) bond motifs is 1. The van der Waals surface area contributed by atoms with Gasteiger partial charge in [-0.25, -0.2) is 0 Å². The molecule has 1 aromatic heterocycles. The molecule has 1 heterocycles. The zero-order chi connectivity index (χ0) is 27.2. The van der Waals surface area contributed by atoms with E-state index in [9.17, 15) is 15.0 Å². The zero-order valence-corrected chi connectivity index (χ0v) is 22.1. The Morgan fingerprint density at radius 2 is 1.66 bits per heavy atom. The predicted molar refractivity (Wildman–Crippen MR) is 147 cm³/mol. The fraction of sp³-hybridized carbons (Fsp3) is 0.300. The molecular weight excluding hydrogens is 484 g/mol.